The first-order valence-corrected chi connectivity index (χ1v) is 11.7. The SMILES string of the molecule is CCN1CCN(c2ccc(CCCO)c(C(=O)N[C@H](C)c3ccc(OC)c(OC)c3)c2)CC1. The Morgan fingerprint density at radius 3 is 2.42 bits per heavy atom. The Morgan fingerprint density at radius 2 is 1.79 bits per heavy atom. The number of likely N-dealkylation sites (N-methyl/N-ethyl adjacent to an activating group) is 1. The smallest absolute Gasteiger partial charge is 0.252 e. The van der Waals surface area contributed by atoms with Crippen LogP contribution in [0.1, 0.15) is 47.8 Å². The Hall–Kier alpha value is -2.77. The van der Waals surface area contributed by atoms with Crippen LogP contribution in [0.5, 0.6) is 11.5 Å². The Morgan fingerprint density at radius 1 is 1.06 bits per heavy atom. The van der Waals surface area contributed by atoms with Crippen molar-refractivity contribution in [2.45, 2.75) is 32.7 Å². The van der Waals surface area contributed by atoms with Crippen molar-refractivity contribution in [3.8, 4) is 11.5 Å². The van der Waals surface area contributed by atoms with E-state index < -0.39 is 0 Å². The zero-order valence-electron chi connectivity index (χ0n) is 20.3. The van der Waals surface area contributed by atoms with Crippen LogP contribution < -0.4 is 19.7 Å². The number of amides is 1. The molecule has 180 valence electrons. The standard InChI is InChI=1S/C26H37N3O4/c1-5-28-12-14-29(15-13-28)22-10-8-20(7-6-16-30)23(18-22)26(31)27-19(2)21-9-11-24(32-3)25(17-21)33-4/h8-11,17-19,30H,5-7,12-16H2,1-4H3,(H,27,31)/t19-/m1/s1. The third-order valence-electron chi connectivity index (χ3n) is 6.38. The summed E-state index contributed by atoms with van der Waals surface area (Å²) in [6, 6.07) is 11.6. The molecule has 0 radical (unpaired) electrons. The molecule has 1 saturated heterocycles. The molecule has 3 rings (SSSR count). The number of aryl methyl sites for hydroxylation is 1. The number of piperazine rings is 1. The summed E-state index contributed by atoms with van der Waals surface area (Å²) in [5.74, 6) is 1.18. The second-order valence-electron chi connectivity index (χ2n) is 8.40. The zero-order valence-corrected chi connectivity index (χ0v) is 20.3. The van der Waals surface area contributed by atoms with Crippen LogP contribution in [0.2, 0.25) is 0 Å². The third kappa shape index (κ3) is 6.18. The molecule has 0 unspecified atom stereocenters. The van der Waals surface area contributed by atoms with Crippen LogP contribution in [-0.4, -0.2) is 69.5 Å². The van der Waals surface area contributed by atoms with Gasteiger partial charge < -0.3 is 29.7 Å². The van der Waals surface area contributed by atoms with Crippen LogP contribution in [0.3, 0.4) is 0 Å². The maximum Gasteiger partial charge on any atom is 0.252 e. The zero-order chi connectivity index (χ0) is 23.8. The summed E-state index contributed by atoms with van der Waals surface area (Å²) in [6.07, 6.45) is 1.29. The van der Waals surface area contributed by atoms with Crippen LogP contribution in [0.15, 0.2) is 36.4 Å². The van der Waals surface area contributed by atoms with Crippen molar-refractivity contribution < 1.29 is 19.4 Å². The molecule has 1 aliphatic heterocycles. The van der Waals surface area contributed by atoms with E-state index in [1.54, 1.807) is 14.2 Å². The summed E-state index contributed by atoms with van der Waals surface area (Å²) < 4.78 is 10.7. The van der Waals surface area contributed by atoms with Crippen molar-refractivity contribution in [3.05, 3.63) is 53.1 Å². The molecule has 0 aliphatic carbocycles. The molecule has 33 heavy (non-hydrogen) atoms. The van der Waals surface area contributed by atoms with Crippen molar-refractivity contribution in [3.63, 3.8) is 0 Å². The number of rotatable bonds is 10. The summed E-state index contributed by atoms with van der Waals surface area (Å²) in [5.41, 5.74) is 3.63. The van der Waals surface area contributed by atoms with Crippen LogP contribution in [-0.2, 0) is 6.42 Å². The molecule has 1 atom stereocenters. The number of benzene rings is 2. The molecule has 1 aliphatic rings. The van der Waals surface area contributed by atoms with E-state index >= 15 is 0 Å². The summed E-state index contributed by atoms with van der Waals surface area (Å²) in [4.78, 5) is 18.1. The number of methoxy groups -OCH3 is 2. The fraction of sp³-hybridized carbons (Fsp3) is 0.500. The van der Waals surface area contributed by atoms with E-state index in [-0.39, 0.29) is 18.6 Å². The maximum absolute atomic E-state index is 13.4. The number of nitrogens with zero attached hydrogens (tertiary/aromatic N) is 2. The van der Waals surface area contributed by atoms with Gasteiger partial charge in [0, 0.05) is 44.0 Å². The average Bonchev–Trinajstić information content (AvgIpc) is 2.86. The highest BCUT2D eigenvalue weighted by Gasteiger charge is 2.20. The number of aliphatic hydroxyl groups is 1. The minimum atomic E-state index is -0.209. The predicted molar refractivity (Wildman–Crippen MR) is 132 cm³/mol. The first kappa shape index (κ1) is 24.9. The van der Waals surface area contributed by atoms with E-state index in [4.69, 9.17) is 9.47 Å². The molecule has 2 aromatic carbocycles. The van der Waals surface area contributed by atoms with Gasteiger partial charge in [-0.1, -0.05) is 19.1 Å². The van der Waals surface area contributed by atoms with Crippen molar-refractivity contribution >= 4 is 11.6 Å². The van der Waals surface area contributed by atoms with Crippen LogP contribution in [0.4, 0.5) is 5.69 Å². The highest BCUT2D eigenvalue weighted by Crippen LogP contribution is 2.30. The quantitative estimate of drug-likeness (QED) is 0.573. The van der Waals surface area contributed by atoms with Gasteiger partial charge in [-0.3, -0.25) is 4.79 Å². The fourth-order valence-corrected chi connectivity index (χ4v) is 4.26. The first-order valence-electron chi connectivity index (χ1n) is 11.7. The van der Waals surface area contributed by atoms with Gasteiger partial charge in [0.2, 0.25) is 0 Å². The van der Waals surface area contributed by atoms with Crippen LogP contribution in [0, 0.1) is 0 Å². The van der Waals surface area contributed by atoms with E-state index in [1.807, 2.05) is 37.3 Å². The summed E-state index contributed by atoms with van der Waals surface area (Å²) >= 11 is 0. The maximum atomic E-state index is 13.4. The van der Waals surface area contributed by atoms with Crippen molar-refractivity contribution in [1.29, 1.82) is 0 Å². The lowest BCUT2D eigenvalue weighted by Crippen LogP contribution is -2.46. The van der Waals surface area contributed by atoms with E-state index in [0.717, 1.165) is 49.5 Å². The monoisotopic (exact) mass is 455 g/mol. The number of carbonyl (C=O) groups is 1. The lowest BCUT2D eigenvalue weighted by atomic mass is 9.99. The van der Waals surface area contributed by atoms with Gasteiger partial charge in [0.25, 0.3) is 5.91 Å². The number of nitrogens with one attached hydrogen (secondary N) is 1. The van der Waals surface area contributed by atoms with Gasteiger partial charge in [-0.2, -0.15) is 0 Å². The van der Waals surface area contributed by atoms with Gasteiger partial charge in [-0.05, 0) is 61.7 Å². The Labute approximate surface area is 197 Å². The number of anilines is 1. The van der Waals surface area contributed by atoms with Crippen LogP contribution in [0.25, 0.3) is 0 Å². The van der Waals surface area contributed by atoms with E-state index in [2.05, 4.69) is 28.1 Å². The molecular weight excluding hydrogens is 418 g/mol. The van der Waals surface area contributed by atoms with Crippen molar-refractivity contribution in [1.82, 2.24) is 10.2 Å². The lowest BCUT2D eigenvalue weighted by Gasteiger charge is -2.35. The minimum absolute atomic E-state index is 0.101. The molecule has 0 bridgehead atoms. The Balaban J connectivity index is 1.80. The van der Waals surface area contributed by atoms with E-state index in [9.17, 15) is 9.90 Å². The average molecular weight is 456 g/mol. The number of hydrogen-bond acceptors (Lipinski definition) is 6. The van der Waals surface area contributed by atoms with Gasteiger partial charge in [-0.15, -0.1) is 0 Å². The largest absolute Gasteiger partial charge is 0.493 e. The predicted octanol–water partition coefficient (Wildman–Crippen LogP) is 3.26. The normalized spacial score (nSPS) is 15.2. The number of hydrogen-bond donors (Lipinski definition) is 2. The Kier molecular flexibility index (Phi) is 8.97. The van der Waals surface area contributed by atoms with Gasteiger partial charge in [-0.25, -0.2) is 0 Å². The first-order chi connectivity index (χ1) is 16.0. The highest BCUT2D eigenvalue weighted by atomic mass is 16.5. The van der Waals surface area contributed by atoms with E-state index in [1.165, 1.54) is 0 Å². The molecule has 2 N–H and O–H groups in total. The van der Waals surface area contributed by atoms with Gasteiger partial charge in [0.15, 0.2) is 11.5 Å². The summed E-state index contributed by atoms with van der Waals surface area (Å²) in [6.45, 7) is 9.27. The molecule has 0 saturated carbocycles. The molecule has 0 spiro atoms. The van der Waals surface area contributed by atoms with Gasteiger partial charge in [0.1, 0.15) is 0 Å². The van der Waals surface area contributed by atoms with Gasteiger partial charge in [0.05, 0.1) is 20.3 Å². The highest BCUT2D eigenvalue weighted by molar-refractivity contribution is 5.97. The third-order valence-corrected chi connectivity index (χ3v) is 6.38. The minimum Gasteiger partial charge on any atom is -0.493 e. The number of aliphatic hydroxyl groups excluding tert-OH is 1. The van der Waals surface area contributed by atoms with E-state index in [0.29, 0.717) is 29.9 Å². The summed E-state index contributed by atoms with van der Waals surface area (Å²) in [5, 5.41) is 12.5. The van der Waals surface area contributed by atoms with Crippen molar-refractivity contribution in [2.75, 3.05) is 58.5 Å². The molecule has 0 aromatic heterocycles. The van der Waals surface area contributed by atoms with Crippen LogP contribution >= 0.6 is 0 Å². The number of ether oxygens (including phenoxy) is 2. The molecule has 1 heterocycles. The van der Waals surface area contributed by atoms with Crippen molar-refractivity contribution in [2.24, 2.45) is 0 Å². The molecule has 7 nitrogen and oxygen atoms in total. The Bertz CT molecular complexity index is 926. The molecule has 2 aromatic rings. The van der Waals surface area contributed by atoms with Gasteiger partial charge >= 0.3 is 0 Å². The molecular formula is C26H37N3O4. The molecule has 1 fully saturated rings. The fourth-order valence-electron chi connectivity index (χ4n) is 4.26. The number of carbonyl (C=O) groups excluding carboxylic acids is 1. The second kappa shape index (κ2) is 11.9. The lowest BCUT2D eigenvalue weighted by molar-refractivity contribution is 0.0938. The molecule has 1 amide bonds. The summed E-state index contributed by atoms with van der Waals surface area (Å²) in [7, 11) is 3.20. The second-order valence-corrected chi connectivity index (χ2v) is 8.40. The molecule has 7 heteroatoms. The topological polar surface area (TPSA) is 74.3 Å².